The van der Waals surface area contributed by atoms with Crippen molar-refractivity contribution in [3.05, 3.63) is 29.8 Å². The fourth-order valence-electron chi connectivity index (χ4n) is 3.28. The Bertz CT molecular complexity index is 406. The summed E-state index contributed by atoms with van der Waals surface area (Å²) < 4.78 is 5.91. The first kappa shape index (κ1) is 16.3. The number of hydrogen-bond acceptors (Lipinski definition) is 3. The van der Waals surface area contributed by atoms with Crippen LogP contribution in [-0.4, -0.2) is 30.6 Å². The van der Waals surface area contributed by atoms with Gasteiger partial charge in [0.1, 0.15) is 5.75 Å². The first-order valence-electron chi connectivity index (χ1n) is 8.50. The lowest BCUT2D eigenvalue weighted by molar-refractivity contribution is 0.129. The Balaban J connectivity index is 1.73. The van der Waals surface area contributed by atoms with E-state index in [-0.39, 0.29) is 0 Å². The molecule has 0 radical (unpaired) electrons. The summed E-state index contributed by atoms with van der Waals surface area (Å²) in [6.07, 6.45) is 7.88. The third kappa shape index (κ3) is 5.01. The average Bonchev–Trinajstić information content (AvgIpc) is 2.53. The van der Waals surface area contributed by atoms with Crippen molar-refractivity contribution in [1.29, 1.82) is 0 Å². The second-order valence-electron chi connectivity index (χ2n) is 5.99. The van der Waals surface area contributed by atoms with Crippen LogP contribution in [0.5, 0.6) is 5.75 Å². The molecule has 1 heterocycles. The highest BCUT2D eigenvalue weighted by Crippen LogP contribution is 2.21. The number of nitrogens with two attached hydrogens (primary N) is 1. The Morgan fingerprint density at radius 2 is 2.14 bits per heavy atom. The fraction of sp³-hybridized carbons (Fsp3) is 0.667. The zero-order valence-electron chi connectivity index (χ0n) is 13.4. The van der Waals surface area contributed by atoms with Gasteiger partial charge in [-0.15, -0.1) is 0 Å². The summed E-state index contributed by atoms with van der Waals surface area (Å²) in [6, 6.07) is 8.88. The van der Waals surface area contributed by atoms with Gasteiger partial charge in [-0.2, -0.15) is 0 Å². The highest BCUT2D eigenvalue weighted by Gasteiger charge is 2.20. The lowest BCUT2D eigenvalue weighted by Crippen LogP contribution is -2.40. The highest BCUT2D eigenvalue weighted by molar-refractivity contribution is 5.32. The maximum atomic E-state index is 5.91. The fourth-order valence-corrected chi connectivity index (χ4v) is 3.28. The zero-order chi connectivity index (χ0) is 14.9. The van der Waals surface area contributed by atoms with Crippen molar-refractivity contribution in [3.63, 3.8) is 0 Å². The van der Waals surface area contributed by atoms with E-state index in [1.807, 2.05) is 24.3 Å². The van der Waals surface area contributed by atoms with Gasteiger partial charge in [-0.05, 0) is 38.3 Å². The Kier molecular flexibility index (Phi) is 7.04. The van der Waals surface area contributed by atoms with Gasteiger partial charge < -0.3 is 15.4 Å². The van der Waals surface area contributed by atoms with Gasteiger partial charge >= 0.3 is 0 Å². The van der Waals surface area contributed by atoms with Crippen LogP contribution in [0.3, 0.4) is 0 Å². The Morgan fingerprint density at radius 1 is 1.29 bits per heavy atom. The van der Waals surface area contributed by atoms with Crippen LogP contribution in [0.15, 0.2) is 24.3 Å². The van der Waals surface area contributed by atoms with E-state index in [2.05, 4.69) is 11.8 Å². The molecule has 1 unspecified atom stereocenters. The molecule has 2 rings (SSSR count). The normalized spacial score (nSPS) is 19.6. The molecule has 3 nitrogen and oxygen atoms in total. The molecule has 1 aromatic carbocycles. The minimum atomic E-state index is 0.543. The van der Waals surface area contributed by atoms with Crippen LogP contribution in [0.1, 0.15) is 51.0 Å². The predicted molar refractivity (Wildman–Crippen MR) is 88.6 cm³/mol. The second-order valence-corrected chi connectivity index (χ2v) is 5.99. The van der Waals surface area contributed by atoms with Crippen molar-refractivity contribution in [2.45, 2.75) is 58.0 Å². The molecule has 2 N–H and O–H groups in total. The maximum absolute atomic E-state index is 5.91. The molecular formula is C18H30N2O. The minimum absolute atomic E-state index is 0.543. The topological polar surface area (TPSA) is 38.5 Å². The Labute approximate surface area is 129 Å². The molecular weight excluding hydrogens is 260 g/mol. The largest absolute Gasteiger partial charge is 0.493 e. The van der Waals surface area contributed by atoms with Gasteiger partial charge in [0.05, 0.1) is 6.61 Å². The second kappa shape index (κ2) is 9.06. The first-order valence-corrected chi connectivity index (χ1v) is 8.50. The summed E-state index contributed by atoms with van der Waals surface area (Å²) in [5.74, 6) is 0.948. The Morgan fingerprint density at radius 3 is 2.95 bits per heavy atom. The van der Waals surface area contributed by atoms with E-state index >= 15 is 0 Å². The van der Waals surface area contributed by atoms with Gasteiger partial charge in [0.2, 0.25) is 0 Å². The molecule has 3 heteroatoms. The SMILES string of the molecule is CCCC1CCCCN1CCCOc1ccccc1CN. The van der Waals surface area contributed by atoms with Crippen LogP contribution < -0.4 is 10.5 Å². The third-order valence-electron chi connectivity index (χ3n) is 4.41. The summed E-state index contributed by atoms with van der Waals surface area (Å²) in [5, 5.41) is 0. The molecule has 21 heavy (non-hydrogen) atoms. The van der Waals surface area contributed by atoms with Crippen LogP contribution in [0.4, 0.5) is 0 Å². The van der Waals surface area contributed by atoms with E-state index in [1.54, 1.807) is 0 Å². The lowest BCUT2D eigenvalue weighted by Gasteiger charge is -2.35. The Hall–Kier alpha value is -1.06. The molecule has 0 amide bonds. The number of ether oxygens (including phenoxy) is 1. The molecule has 0 aliphatic carbocycles. The average molecular weight is 290 g/mol. The number of rotatable bonds is 8. The molecule has 0 bridgehead atoms. The minimum Gasteiger partial charge on any atom is -0.493 e. The molecule has 0 spiro atoms. The van der Waals surface area contributed by atoms with Gasteiger partial charge in [-0.1, -0.05) is 38.0 Å². The lowest BCUT2D eigenvalue weighted by atomic mass is 9.98. The molecule has 1 saturated heterocycles. The summed E-state index contributed by atoms with van der Waals surface area (Å²) in [6.45, 7) is 6.05. The number of piperidine rings is 1. The molecule has 1 aromatic rings. The van der Waals surface area contributed by atoms with Crippen LogP contribution in [0, 0.1) is 0 Å². The standard InChI is InChI=1S/C18H30N2O/c1-2-8-17-10-5-6-12-20(17)13-7-14-21-18-11-4-3-9-16(18)15-19/h3-4,9,11,17H,2,5-8,10,12-15,19H2,1H3. The van der Waals surface area contributed by atoms with E-state index < -0.39 is 0 Å². The van der Waals surface area contributed by atoms with Gasteiger partial charge in [0, 0.05) is 24.7 Å². The zero-order valence-corrected chi connectivity index (χ0v) is 13.4. The molecule has 0 saturated carbocycles. The maximum Gasteiger partial charge on any atom is 0.123 e. The van der Waals surface area contributed by atoms with E-state index in [9.17, 15) is 0 Å². The molecule has 0 aromatic heterocycles. The van der Waals surface area contributed by atoms with Crippen molar-refractivity contribution >= 4 is 0 Å². The van der Waals surface area contributed by atoms with Crippen LogP contribution >= 0.6 is 0 Å². The summed E-state index contributed by atoms with van der Waals surface area (Å²) in [7, 11) is 0. The summed E-state index contributed by atoms with van der Waals surface area (Å²) in [4.78, 5) is 2.67. The summed E-state index contributed by atoms with van der Waals surface area (Å²) in [5.41, 5.74) is 6.83. The van der Waals surface area contributed by atoms with Gasteiger partial charge in [0.15, 0.2) is 0 Å². The highest BCUT2D eigenvalue weighted by atomic mass is 16.5. The summed E-state index contributed by atoms with van der Waals surface area (Å²) >= 11 is 0. The predicted octanol–water partition coefficient (Wildman–Crippen LogP) is 3.57. The molecule has 1 aliphatic heterocycles. The van der Waals surface area contributed by atoms with Crippen molar-refractivity contribution in [2.24, 2.45) is 5.73 Å². The van der Waals surface area contributed by atoms with Crippen LogP contribution in [0.2, 0.25) is 0 Å². The van der Waals surface area contributed by atoms with Crippen LogP contribution in [-0.2, 0) is 6.54 Å². The molecule has 1 fully saturated rings. The smallest absolute Gasteiger partial charge is 0.123 e. The monoisotopic (exact) mass is 290 g/mol. The molecule has 1 aliphatic rings. The van der Waals surface area contributed by atoms with Gasteiger partial charge in [0.25, 0.3) is 0 Å². The number of para-hydroxylation sites is 1. The van der Waals surface area contributed by atoms with E-state index in [1.165, 1.54) is 38.6 Å². The first-order chi connectivity index (χ1) is 10.3. The van der Waals surface area contributed by atoms with Crippen molar-refractivity contribution in [1.82, 2.24) is 4.90 Å². The quantitative estimate of drug-likeness (QED) is 0.744. The van der Waals surface area contributed by atoms with E-state index in [0.29, 0.717) is 6.54 Å². The molecule has 1 atom stereocenters. The van der Waals surface area contributed by atoms with Crippen molar-refractivity contribution in [2.75, 3.05) is 19.7 Å². The van der Waals surface area contributed by atoms with Crippen LogP contribution in [0.25, 0.3) is 0 Å². The van der Waals surface area contributed by atoms with Gasteiger partial charge in [-0.25, -0.2) is 0 Å². The van der Waals surface area contributed by atoms with Crippen molar-refractivity contribution < 1.29 is 4.74 Å². The van der Waals surface area contributed by atoms with E-state index in [0.717, 1.165) is 36.9 Å². The number of likely N-dealkylation sites (tertiary alicyclic amines) is 1. The number of nitrogens with zero attached hydrogens (tertiary/aromatic N) is 1. The van der Waals surface area contributed by atoms with Crippen molar-refractivity contribution in [3.8, 4) is 5.75 Å². The number of benzene rings is 1. The molecule has 118 valence electrons. The third-order valence-corrected chi connectivity index (χ3v) is 4.41. The van der Waals surface area contributed by atoms with Gasteiger partial charge in [-0.3, -0.25) is 0 Å². The number of hydrogen-bond donors (Lipinski definition) is 1. The van der Waals surface area contributed by atoms with E-state index in [4.69, 9.17) is 10.5 Å².